The molecule has 3 rings (SSSR count). The summed E-state index contributed by atoms with van der Waals surface area (Å²) in [7, 11) is 1.52. The lowest BCUT2D eigenvalue weighted by Gasteiger charge is -2.28. The van der Waals surface area contributed by atoms with Crippen molar-refractivity contribution < 1.29 is 23.1 Å². The fraction of sp³-hybridized carbons (Fsp3) is 0.375. The smallest absolute Gasteiger partial charge is 0.262 e. The summed E-state index contributed by atoms with van der Waals surface area (Å²) < 4.78 is 33.0. The number of hydrogen-bond donors (Lipinski definition) is 0. The van der Waals surface area contributed by atoms with Crippen LogP contribution in [0.2, 0.25) is 0 Å². The molecule has 0 radical (unpaired) electrons. The van der Waals surface area contributed by atoms with Crippen molar-refractivity contribution in [3.8, 4) is 0 Å². The highest BCUT2D eigenvalue weighted by atomic mass is 19.1. The molecular formula is C24H27F2N3O3. The van der Waals surface area contributed by atoms with E-state index in [0.29, 0.717) is 16.8 Å². The zero-order valence-electron chi connectivity index (χ0n) is 18.4. The van der Waals surface area contributed by atoms with E-state index in [9.17, 15) is 18.4 Å². The van der Waals surface area contributed by atoms with Crippen LogP contribution in [0.5, 0.6) is 0 Å². The van der Waals surface area contributed by atoms with Crippen LogP contribution in [-0.4, -0.2) is 54.2 Å². The van der Waals surface area contributed by atoms with Crippen molar-refractivity contribution in [3.05, 3.63) is 71.3 Å². The van der Waals surface area contributed by atoms with E-state index in [-0.39, 0.29) is 43.8 Å². The van der Waals surface area contributed by atoms with Gasteiger partial charge in [-0.05, 0) is 23.8 Å². The molecular weight excluding hydrogens is 416 g/mol. The van der Waals surface area contributed by atoms with E-state index in [1.54, 1.807) is 44.2 Å². The summed E-state index contributed by atoms with van der Waals surface area (Å²) in [6.45, 7) is 3.86. The van der Waals surface area contributed by atoms with Crippen LogP contribution in [-0.2, 0) is 14.3 Å². The van der Waals surface area contributed by atoms with Crippen LogP contribution >= 0.6 is 0 Å². The summed E-state index contributed by atoms with van der Waals surface area (Å²) >= 11 is 0. The fourth-order valence-electron chi connectivity index (χ4n) is 3.61. The Morgan fingerprint density at radius 1 is 1.16 bits per heavy atom. The van der Waals surface area contributed by atoms with Crippen LogP contribution in [0.1, 0.15) is 37.4 Å². The topological polar surface area (TPSA) is 62.2 Å². The molecule has 0 saturated heterocycles. The zero-order chi connectivity index (χ0) is 23.3. The lowest BCUT2D eigenvalue weighted by Crippen LogP contribution is -2.44. The van der Waals surface area contributed by atoms with Crippen molar-refractivity contribution in [1.29, 1.82) is 0 Å². The van der Waals surface area contributed by atoms with E-state index in [1.807, 2.05) is 0 Å². The van der Waals surface area contributed by atoms with Crippen LogP contribution in [0.25, 0.3) is 0 Å². The van der Waals surface area contributed by atoms with Gasteiger partial charge >= 0.3 is 0 Å². The number of amides is 2. The van der Waals surface area contributed by atoms with Gasteiger partial charge in [-0.3, -0.25) is 9.59 Å². The van der Waals surface area contributed by atoms with Crippen molar-refractivity contribution in [2.45, 2.75) is 26.3 Å². The van der Waals surface area contributed by atoms with Gasteiger partial charge in [0.05, 0.1) is 18.4 Å². The fourth-order valence-corrected chi connectivity index (χ4v) is 3.61. The molecule has 2 aromatic carbocycles. The minimum Gasteiger partial charge on any atom is -0.383 e. The Labute approximate surface area is 186 Å². The standard InChI is InChI=1S/C24H27F2N3O3/c1-16(2)24(31)28(12-13-32-3)15-23(30)29-22(19-6-4-5-7-20(19)26)14-21(27-29)17-8-10-18(25)11-9-17/h4-11,16,22H,12-15H2,1-3H3/t22-/m0/s1. The van der Waals surface area contributed by atoms with Gasteiger partial charge < -0.3 is 9.64 Å². The molecule has 1 aliphatic rings. The van der Waals surface area contributed by atoms with Gasteiger partial charge in [0.15, 0.2) is 0 Å². The Morgan fingerprint density at radius 2 is 1.84 bits per heavy atom. The summed E-state index contributed by atoms with van der Waals surface area (Å²) in [6.07, 6.45) is 0.272. The quantitative estimate of drug-likeness (QED) is 0.624. The molecule has 0 aromatic heterocycles. The van der Waals surface area contributed by atoms with Crippen LogP contribution in [0.4, 0.5) is 8.78 Å². The number of ether oxygens (including phenoxy) is 1. The number of carbonyl (C=O) groups excluding carboxylic acids is 2. The van der Waals surface area contributed by atoms with Gasteiger partial charge in [-0.2, -0.15) is 5.10 Å². The van der Waals surface area contributed by atoms with Gasteiger partial charge in [0.1, 0.15) is 18.2 Å². The molecule has 1 aliphatic heterocycles. The van der Waals surface area contributed by atoms with Crippen LogP contribution in [0.3, 0.4) is 0 Å². The molecule has 1 atom stereocenters. The molecule has 170 valence electrons. The molecule has 8 heteroatoms. The third-order valence-corrected chi connectivity index (χ3v) is 5.30. The molecule has 0 N–H and O–H groups in total. The van der Waals surface area contributed by atoms with E-state index in [0.717, 1.165) is 0 Å². The Hall–Kier alpha value is -3.13. The summed E-state index contributed by atoms with van der Waals surface area (Å²) in [6, 6.07) is 11.3. The lowest BCUT2D eigenvalue weighted by molar-refractivity contribution is -0.143. The van der Waals surface area contributed by atoms with Crippen LogP contribution in [0, 0.1) is 17.6 Å². The van der Waals surface area contributed by atoms with E-state index in [2.05, 4.69) is 5.10 Å². The third-order valence-electron chi connectivity index (χ3n) is 5.30. The van der Waals surface area contributed by atoms with Gasteiger partial charge in [-0.1, -0.05) is 44.2 Å². The van der Waals surface area contributed by atoms with E-state index in [4.69, 9.17) is 4.74 Å². The van der Waals surface area contributed by atoms with Gasteiger partial charge in [0.2, 0.25) is 5.91 Å². The molecule has 0 spiro atoms. The first-order valence-electron chi connectivity index (χ1n) is 10.5. The van der Waals surface area contributed by atoms with Crippen molar-refractivity contribution in [2.75, 3.05) is 26.8 Å². The molecule has 6 nitrogen and oxygen atoms in total. The minimum absolute atomic E-state index is 0.181. The van der Waals surface area contributed by atoms with Crippen molar-refractivity contribution >= 4 is 17.5 Å². The number of hydrazone groups is 1. The molecule has 0 fully saturated rings. The number of halogens is 2. The number of methoxy groups -OCH3 is 1. The molecule has 2 aromatic rings. The van der Waals surface area contributed by atoms with Gasteiger partial charge in [0.25, 0.3) is 5.91 Å². The molecule has 0 bridgehead atoms. The van der Waals surface area contributed by atoms with Gasteiger partial charge in [0, 0.05) is 31.6 Å². The number of carbonyl (C=O) groups is 2. The third kappa shape index (κ3) is 5.37. The molecule has 0 aliphatic carbocycles. The largest absolute Gasteiger partial charge is 0.383 e. The molecule has 0 unspecified atom stereocenters. The highest BCUT2D eigenvalue weighted by Crippen LogP contribution is 2.34. The first-order chi connectivity index (χ1) is 15.3. The maximum Gasteiger partial charge on any atom is 0.262 e. The second-order valence-corrected chi connectivity index (χ2v) is 7.94. The minimum atomic E-state index is -0.665. The van der Waals surface area contributed by atoms with Gasteiger partial charge in [-0.25, -0.2) is 13.8 Å². The van der Waals surface area contributed by atoms with Gasteiger partial charge in [-0.15, -0.1) is 0 Å². The second-order valence-electron chi connectivity index (χ2n) is 7.94. The highest BCUT2D eigenvalue weighted by molar-refractivity contribution is 6.03. The van der Waals surface area contributed by atoms with E-state index >= 15 is 0 Å². The Kier molecular flexibility index (Phi) is 7.69. The molecule has 0 saturated carbocycles. The SMILES string of the molecule is COCCN(CC(=O)N1N=C(c2ccc(F)cc2)C[C@H]1c1ccccc1F)C(=O)C(C)C. The Morgan fingerprint density at radius 3 is 2.47 bits per heavy atom. The molecule has 32 heavy (non-hydrogen) atoms. The molecule has 1 heterocycles. The summed E-state index contributed by atoms with van der Waals surface area (Å²) in [5.41, 5.74) is 1.53. The summed E-state index contributed by atoms with van der Waals surface area (Å²) in [5, 5.41) is 5.71. The normalized spacial score (nSPS) is 15.8. The van der Waals surface area contributed by atoms with Crippen molar-refractivity contribution in [3.63, 3.8) is 0 Å². The van der Waals surface area contributed by atoms with Crippen molar-refractivity contribution in [1.82, 2.24) is 9.91 Å². The maximum absolute atomic E-state index is 14.6. The number of benzene rings is 2. The predicted octanol–water partition coefficient (Wildman–Crippen LogP) is 3.77. The van der Waals surface area contributed by atoms with E-state index in [1.165, 1.54) is 35.2 Å². The van der Waals surface area contributed by atoms with Crippen LogP contribution < -0.4 is 0 Å². The number of nitrogens with zero attached hydrogens (tertiary/aromatic N) is 3. The highest BCUT2D eigenvalue weighted by Gasteiger charge is 2.35. The van der Waals surface area contributed by atoms with Crippen molar-refractivity contribution in [2.24, 2.45) is 11.0 Å². The average molecular weight is 443 g/mol. The second kappa shape index (κ2) is 10.5. The lowest BCUT2D eigenvalue weighted by atomic mass is 9.98. The first-order valence-corrected chi connectivity index (χ1v) is 10.5. The zero-order valence-corrected chi connectivity index (χ0v) is 18.4. The average Bonchev–Trinajstić information content (AvgIpc) is 3.22. The van der Waals surface area contributed by atoms with E-state index < -0.39 is 17.8 Å². The maximum atomic E-state index is 14.6. The summed E-state index contributed by atoms with van der Waals surface area (Å²) in [5.74, 6) is -1.73. The predicted molar refractivity (Wildman–Crippen MR) is 117 cm³/mol. The number of rotatable bonds is 8. The number of hydrogen-bond acceptors (Lipinski definition) is 4. The Bertz CT molecular complexity index is 992. The monoisotopic (exact) mass is 443 g/mol. The Balaban J connectivity index is 1.91. The molecule has 2 amide bonds. The van der Waals surface area contributed by atoms with Crippen LogP contribution in [0.15, 0.2) is 53.6 Å². The first kappa shape index (κ1) is 23.5. The summed E-state index contributed by atoms with van der Waals surface area (Å²) in [4.78, 5) is 27.3.